The van der Waals surface area contributed by atoms with Gasteiger partial charge in [-0.25, -0.2) is 0 Å². The molecule has 34 heavy (non-hydrogen) atoms. The number of rotatable bonds is 14. The lowest BCUT2D eigenvalue weighted by Crippen LogP contribution is -2.66. The highest BCUT2D eigenvalue weighted by Gasteiger charge is 2.52. The Labute approximate surface area is 201 Å². The first-order chi connectivity index (χ1) is 16.7. The average molecular weight is 473 g/mol. The zero-order chi connectivity index (χ0) is 24.2. The van der Waals surface area contributed by atoms with Gasteiger partial charge in [0.25, 0.3) is 0 Å². The van der Waals surface area contributed by atoms with Crippen molar-refractivity contribution in [2.75, 3.05) is 19.8 Å². The van der Waals surface area contributed by atoms with Crippen LogP contribution in [0.2, 0.25) is 0 Å². The number of unbranched alkanes of at least 4 members (excludes halogenated alkanes) is 1. The second-order valence-corrected chi connectivity index (χ2v) is 8.36. The van der Waals surface area contributed by atoms with Gasteiger partial charge in [0.2, 0.25) is 0 Å². The summed E-state index contributed by atoms with van der Waals surface area (Å²) < 4.78 is 24.2. The van der Waals surface area contributed by atoms with Crippen LogP contribution in [0.5, 0.6) is 0 Å². The first-order valence-electron chi connectivity index (χ1n) is 11.8. The Balaban J connectivity index is 1.82. The van der Waals surface area contributed by atoms with Gasteiger partial charge < -0.3 is 34.3 Å². The molecule has 1 saturated carbocycles. The minimum absolute atomic E-state index is 0.0666. The fourth-order valence-corrected chi connectivity index (χ4v) is 4.07. The molecule has 186 valence electrons. The molecule has 0 radical (unpaired) electrons. The lowest BCUT2D eigenvalue weighted by molar-refractivity contribution is -0.268. The molecule has 3 rings (SSSR count). The number of aliphatic hydroxyl groups is 3. The highest BCUT2D eigenvalue weighted by atomic mass is 16.6. The third kappa shape index (κ3) is 7.45. The second-order valence-electron chi connectivity index (χ2n) is 8.36. The predicted molar refractivity (Wildman–Crippen MR) is 128 cm³/mol. The number of hydrogen-bond donors (Lipinski definition) is 3. The van der Waals surface area contributed by atoms with E-state index >= 15 is 0 Å². The van der Waals surface area contributed by atoms with Gasteiger partial charge in [0.15, 0.2) is 0 Å². The highest BCUT2D eigenvalue weighted by molar-refractivity contribution is 5.15. The standard InChI is InChI=1S/C27H36O7/c1-2-16-31-24-22(29)25(32-17-10-9-15-28)27(34-19-21-13-7-4-8-14-21)26(23(24)30)33-18-20-11-5-3-6-12-20/h2-8,11-14,22-30H,1,9-10,15-19H2/t22-,23-,24+,25+,26-,27+/m1/s1. The summed E-state index contributed by atoms with van der Waals surface area (Å²) in [4.78, 5) is 0. The van der Waals surface area contributed by atoms with E-state index in [1.165, 1.54) is 0 Å². The van der Waals surface area contributed by atoms with Gasteiger partial charge in [0, 0.05) is 13.2 Å². The van der Waals surface area contributed by atoms with Crippen molar-refractivity contribution in [2.45, 2.75) is 62.7 Å². The van der Waals surface area contributed by atoms with Gasteiger partial charge in [-0.2, -0.15) is 0 Å². The fraction of sp³-hybridized carbons (Fsp3) is 0.481. The topological polar surface area (TPSA) is 97.6 Å². The van der Waals surface area contributed by atoms with Crippen molar-refractivity contribution in [1.82, 2.24) is 0 Å². The van der Waals surface area contributed by atoms with Crippen molar-refractivity contribution in [3.05, 3.63) is 84.4 Å². The quantitative estimate of drug-likeness (QED) is 0.287. The summed E-state index contributed by atoms with van der Waals surface area (Å²) >= 11 is 0. The molecule has 0 amide bonds. The molecule has 0 saturated heterocycles. The Morgan fingerprint density at radius 1 is 0.676 bits per heavy atom. The van der Waals surface area contributed by atoms with Gasteiger partial charge in [0.1, 0.15) is 36.6 Å². The van der Waals surface area contributed by atoms with E-state index in [0.717, 1.165) is 11.1 Å². The molecule has 1 fully saturated rings. The van der Waals surface area contributed by atoms with E-state index in [1.807, 2.05) is 60.7 Å². The van der Waals surface area contributed by atoms with Crippen LogP contribution in [0, 0.1) is 0 Å². The Kier molecular flexibility index (Phi) is 11.2. The molecular weight excluding hydrogens is 436 g/mol. The number of aliphatic hydroxyl groups excluding tert-OH is 3. The van der Waals surface area contributed by atoms with Crippen LogP contribution in [-0.4, -0.2) is 71.8 Å². The Hall–Kier alpha value is -2.10. The van der Waals surface area contributed by atoms with E-state index in [0.29, 0.717) is 19.4 Å². The van der Waals surface area contributed by atoms with E-state index in [4.69, 9.17) is 24.1 Å². The average Bonchev–Trinajstić information content (AvgIpc) is 2.87. The molecule has 1 aliphatic carbocycles. The van der Waals surface area contributed by atoms with E-state index in [1.54, 1.807) is 6.08 Å². The van der Waals surface area contributed by atoms with E-state index < -0.39 is 36.6 Å². The Bertz CT molecular complexity index is 816. The molecule has 7 nitrogen and oxygen atoms in total. The molecule has 0 bridgehead atoms. The Morgan fingerprint density at radius 3 is 1.74 bits per heavy atom. The van der Waals surface area contributed by atoms with E-state index in [-0.39, 0.29) is 26.4 Å². The SMILES string of the molecule is C=CCO[C@@H]1[C@@H](O)[C@@H](OCc2ccccc2)[C@@H](OCc2ccccc2)[C@@H](OCCCCO)[C@@H]1O. The third-order valence-corrected chi connectivity index (χ3v) is 5.83. The van der Waals surface area contributed by atoms with Gasteiger partial charge >= 0.3 is 0 Å². The van der Waals surface area contributed by atoms with Crippen molar-refractivity contribution in [1.29, 1.82) is 0 Å². The van der Waals surface area contributed by atoms with Crippen LogP contribution in [-0.2, 0) is 32.2 Å². The minimum atomic E-state index is -1.14. The van der Waals surface area contributed by atoms with Gasteiger partial charge in [-0.1, -0.05) is 66.7 Å². The molecule has 0 aliphatic heterocycles. The summed E-state index contributed by atoms with van der Waals surface area (Å²) in [6, 6.07) is 19.3. The van der Waals surface area contributed by atoms with Crippen molar-refractivity contribution in [3.63, 3.8) is 0 Å². The molecule has 0 aromatic heterocycles. The normalized spacial score (nSPS) is 26.9. The zero-order valence-corrected chi connectivity index (χ0v) is 19.4. The van der Waals surface area contributed by atoms with E-state index in [2.05, 4.69) is 6.58 Å². The Morgan fingerprint density at radius 2 is 1.21 bits per heavy atom. The maximum Gasteiger partial charge on any atom is 0.115 e. The monoisotopic (exact) mass is 472 g/mol. The summed E-state index contributed by atoms with van der Waals surface area (Å²) in [5.74, 6) is 0. The predicted octanol–water partition coefficient (Wildman–Crippen LogP) is 2.62. The summed E-state index contributed by atoms with van der Waals surface area (Å²) in [6.45, 7) is 4.74. The number of hydrogen-bond acceptors (Lipinski definition) is 7. The maximum atomic E-state index is 11.2. The lowest BCUT2D eigenvalue weighted by atomic mass is 9.84. The van der Waals surface area contributed by atoms with Crippen LogP contribution < -0.4 is 0 Å². The first kappa shape index (κ1) is 26.5. The van der Waals surface area contributed by atoms with Crippen molar-refractivity contribution < 1.29 is 34.3 Å². The van der Waals surface area contributed by atoms with Crippen LogP contribution in [0.4, 0.5) is 0 Å². The molecule has 2 aromatic carbocycles. The first-order valence-corrected chi connectivity index (χ1v) is 11.8. The fourth-order valence-electron chi connectivity index (χ4n) is 4.07. The largest absolute Gasteiger partial charge is 0.396 e. The van der Waals surface area contributed by atoms with Gasteiger partial charge in [-0.3, -0.25) is 0 Å². The number of ether oxygens (including phenoxy) is 4. The lowest BCUT2D eigenvalue weighted by Gasteiger charge is -2.46. The molecule has 0 heterocycles. The van der Waals surface area contributed by atoms with Crippen LogP contribution in [0.3, 0.4) is 0 Å². The highest BCUT2D eigenvalue weighted by Crippen LogP contribution is 2.31. The van der Waals surface area contributed by atoms with Gasteiger partial charge in [-0.15, -0.1) is 6.58 Å². The molecule has 6 atom stereocenters. The van der Waals surface area contributed by atoms with Crippen molar-refractivity contribution in [3.8, 4) is 0 Å². The van der Waals surface area contributed by atoms with Gasteiger partial charge in [-0.05, 0) is 24.0 Å². The molecule has 1 aliphatic rings. The van der Waals surface area contributed by atoms with Crippen molar-refractivity contribution in [2.24, 2.45) is 0 Å². The molecule has 0 unspecified atom stereocenters. The molecule has 7 heteroatoms. The summed E-state index contributed by atoms with van der Waals surface area (Å²) in [5, 5.41) is 31.4. The number of benzene rings is 2. The third-order valence-electron chi connectivity index (χ3n) is 5.83. The van der Waals surface area contributed by atoms with Crippen LogP contribution in [0.15, 0.2) is 73.3 Å². The smallest absolute Gasteiger partial charge is 0.115 e. The zero-order valence-electron chi connectivity index (χ0n) is 19.4. The van der Waals surface area contributed by atoms with Crippen LogP contribution >= 0.6 is 0 Å². The van der Waals surface area contributed by atoms with E-state index in [9.17, 15) is 10.2 Å². The molecular formula is C27H36O7. The maximum absolute atomic E-state index is 11.2. The second kappa shape index (κ2) is 14.3. The van der Waals surface area contributed by atoms with Crippen LogP contribution in [0.25, 0.3) is 0 Å². The summed E-state index contributed by atoms with van der Waals surface area (Å²) in [6.07, 6.45) is -2.77. The molecule has 2 aromatic rings. The minimum Gasteiger partial charge on any atom is -0.396 e. The van der Waals surface area contributed by atoms with Crippen LogP contribution in [0.1, 0.15) is 24.0 Å². The summed E-state index contributed by atoms with van der Waals surface area (Å²) in [7, 11) is 0. The van der Waals surface area contributed by atoms with Gasteiger partial charge in [0.05, 0.1) is 19.8 Å². The molecule has 0 spiro atoms. The molecule has 3 N–H and O–H groups in total. The van der Waals surface area contributed by atoms with Crippen molar-refractivity contribution >= 4 is 0 Å². The summed E-state index contributed by atoms with van der Waals surface area (Å²) in [5.41, 5.74) is 1.91.